The fourth-order valence-corrected chi connectivity index (χ4v) is 2.98. The second-order valence-corrected chi connectivity index (χ2v) is 5.89. The van der Waals surface area contributed by atoms with E-state index in [1.807, 2.05) is 0 Å². The number of hydrogen-bond donors (Lipinski definition) is 1. The average molecular weight is 254 g/mol. The van der Waals surface area contributed by atoms with Crippen LogP contribution in [0.4, 0.5) is 0 Å². The van der Waals surface area contributed by atoms with Crippen LogP contribution in [0.2, 0.25) is 0 Å². The van der Waals surface area contributed by atoms with Crippen LogP contribution in [-0.2, 0) is 9.53 Å². The van der Waals surface area contributed by atoms with Gasteiger partial charge in [-0.15, -0.1) is 0 Å². The van der Waals surface area contributed by atoms with Gasteiger partial charge in [-0.25, -0.2) is 0 Å². The van der Waals surface area contributed by atoms with Crippen LogP contribution in [0.5, 0.6) is 0 Å². The van der Waals surface area contributed by atoms with Crippen LogP contribution in [0, 0.1) is 11.8 Å². The fourth-order valence-electron chi connectivity index (χ4n) is 2.98. The van der Waals surface area contributed by atoms with Crippen molar-refractivity contribution in [3.63, 3.8) is 0 Å². The highest BCUT2D eigenvalue weighted by atomic mass is 16.5. The average Bonchev–Trinajstić information content (AvgIpc) is 2.68. The van der Waals surface area contributed by atoms with Gasteiger partial charge in [0.25, 0.3) is 0 Å². The monoisotopic (exact) mass is 254 g/mol. The van der Waals surface area contributed by atoms with E-state index < -0.39 is 0 Å². The van der Waals surface area contributed by atoms with Gasteiger partial charge >= 0.3 is 0 Å². The molecule has 0 spiro atoms. The number of nitrogens with one attached hydrogen (secondary N) is 1. The lowest BCUT2D eigenvalue weighted by Gasteiger charge is -2.32. The Bertz CT molecular complexity index is 288. The Hall–Kier alpha value is -0.610. The van der Waals surface area contributed by atoms with E-state index >= 15 is 0 Å². The Morgan fingerprint density at radius 3 is 2.83 bits per heavy atom. The number of hydrogen-bond acceptors (Lipinski definition) is 3. The largest absolute Gasteiger partial charge is 0.381 e. The van der Waals surface area contributed by atoms with Crippen LogP contribution in [0.15, 0.2) is 0 Å². The minimum absolute atomic E-state index is 0.0157. The summed E-state index contributed by atoms with van der Waals surface area (Å²) in [5, 5.41) is 3.47. The summed E-state index contributed by atoms with van der Waals surface area (Å²) in [6.07, 6.45) is 3.39. The molecule has 0 aliphatic carbocycles. The third-order valence-corrected chi connectivity index (χ3v) is 4.04. The van der Waals surface area contributed by atoms with Gasteiger partial charge in [-0.1, -0.05) is 20.8 Å². The van der Waals surface area contributed by atoms with Crippen LogP contribution in [0.25, 0.3) is 0 Å². The lowest BCUT2D eigenvalue weighted by atomic mass is 10.0. The van der Waals surface area contributed by atoms with Crippen LogP contribution in [0.1, 0.15) is 40.0 Å². The molecule has 0 bridgehead atoms. The standard InChI is InChI=1S/C14H26N2O2/c1-4-12-14(17)16(13(15-12)10(2)3)8-11-6-5-7-18-9-11/h10-13,15H,4-9H2,1-3H3. The molecule has 3 atom stereocenters. The summed E-state index contributed by atoms with van der Waals surface area (Å²) in [7, 11) is 0. The van der Waals surface area contributed by atoms with Crippen molar-refractivity contribution in [2.45, 2.75) is 52.2 Å². The molecule has 0 saturated carbocycles. The predicted molar refractivity (Wildman–Crippen MR) is 71.1 cm³/mol. The van der Waals surface area contributed by atoms with E-state index in [2.05, 4.69) is 31.0 Å². The van der Waals surface area contributed by atoms with Gasteiger partial charge in [0.2, 0.25) is 5.91 Å². The topological polar surface area (TPSA) is 41.6 Å². The van der Waals surface area contributed by atoms with E-state index in [-0.39, 0.29) is 18.1 Å². The minimum Gasteiger partial charge on any atom is -0.381 e. The smallest absolute Gasteiger partial charge is 0.241 e. The molecular formula is C14H26N2O2. The zero-order valence-corrected chi connectivity index (χ0v) is 11.8. The molecule has 1 amide bonds. The van der Waals surface area contributed by atoms with Crippen molar-refractivity contribution in [3.05, 3.63) is 0 Å². The lowest BCUT2D eigenvalue weighted by molar-refractivity contribution is -0.131. The molecular weight excluding hydrogens is 228 g/mol. The van der Waals surface area contributed by atoms with Crippen molar-refractivity contribution in [1.82, 2.24) is 10.2 Å². The first-order chi connectivity index (χ1) is 8.63. The first-order valence-electron chi connectivity index (χ1n) is 7.27. The van der Waals surface area contributed by atoms with Gasteiger partial charge in [0.15, 0.2) is 0 Å². The Labute approximate surface area is 110 Å². The maximum absolute atomic E-state index is 12.3. The molecule has 104 valence electrons. The van der Waals surface area contributed by atoms with Crippen molar-refractivity contribution in [1.29, 1.82) is 0 Å². The van der Waals surface area contributed by atoms with Gasteiger partial charge in [-0.05, 0) is 25.2 Å². The second-order valence-electron chi connectivity index (χ2n) is 5.89. The Morgan fingerprint density at radius 1 is 1.50 bits per heavy atom. The van der Waals surface area contributed by atoms with E-state index in [0.717, 1.165) is 32.6 Å². The Kier molecular flexibility index (Phi) is 4.62. The minimum atomic E-state index is 0.0157. The lowest BCUT2D eigenvalue weighted by Crippen LogP contribution is -2.44. The van der Waals surface area contributed by atoms with Crippen LogP contribution >= 0.6 is 0 Å². The van der Waals surface area contributed by atoms with E-state index in [9.17, 15) is 4.79 Å². The first-order valence-corrected chi connectivity index (χ1v) is 7.27. The zero-order valence-electron chi connectivity index (χ0n) is 11.8. The van der Waals surface area contributed by atoms with Gasteiger partial charge in [0.05, 0.1) is 18.8 Å². The third-order valence-electron chi connectivity index (χ3n) is 4.04. The molecule has 2 rings (SSSR count). The number of carbonyl (C=O) groups is 1. The van der Waals surface area contributed by atoms with E-state index in [1.165, 1.54) is 6.42 Å². The summed E-state index contributed by atoms with van der Waals surface area (Å²) >= 11 is 0. The molecule has 2 aliphatic rings. The van der Waals surface area contributed by atoms with Crippen LogP contribution in [-0.4, -0.2) is 42.8 Å². The number of rotatable bonds is 4. The number of carbonyl (C=O) groups excluding carboxylic acids is 1. The molecule has 0 aromatic carbocycles. The second kappa shape index (κ2) is 6.02. The highest BCUT2D eigenvalue weighted by molar-refractivity contribution is 5.84. The molecule has 0 aromatic rings. The summed E-state index contributed by atoms with van der Waals surface area (Å²) in [4.78, 5) is 14.4. The molecule has 3 unspecified atom stereocenters. The third kappa shape index (κ3) is 2.86. The molecule has 2 aliphatic heterocycles. The van der Waals surface area contributed by atoms with E-state index in [1.54, 1.807) is 0 Å². The molecule has 2 heterocycles. The van der Waals surface area contributed by atoms with Crippen molar-refractivity contribution in [3.8, 4) is 0 Å². The summed E-state index contributed by atoms with van der Waals surface area (Å²) < 4.78 is 5.52. The van der Waals surface area contributed by atoms with Gasteiger partial charge < -0.3 is 9.64 Å². The molecule has 18 heavy (non-hydrogen) atoms. The molecule has 4 heteroatoms. The summed E-state index contributed by atoms with van der Waals surface area (Å²) in [6, 6.07) is 0.0157. The maximum atomic E-state index is 12.3. The van der Waals surface area contributed by atoms with E-state index in [0.29, 0.717) is 11.8 Å². The fraction of sp³-hybridized carbons (Fsp3) is 0.929. The number of nitrogens with zero attached hydrogens (tertiary/aromatic N) is 1. The first kappa shape index (κ1) is 13.8. The van der Waals surface area contributed by atoms with Gasteiger partial charge in [-0.2, -0.15) is 0 Å². The van der Waals surface area contributed by atoms with Crippen molar-refractivity contribution < 1.29 is 9.53 Å². The highest BCUT2D eigenvalue weighted by Crippen LogP contribution is 2.23. The molecule has 0 radical (unpaired) electrons. The molecule has 1 N–H and O–H groups in total. The van der Waals surface area contributed by atoms with Gasteiger partial charge in [0, 0.05) is 19.1 Å². The SMILES string of the molecule is CCC1NC(C(C)C)N(CC2CCCOC2)C1=O. The zero-order chi connectivity index (χ0) is 13.1. The number of amides is 1. The summed E-state index contributed by atoms with van der Waals surface area (Å²) in [5.41, 5.74) is 0. The molecule has 2 fully saturated rings. The van der Waals surface area contributed by atoms with Crippen LogP contribution in [0.3, 0.4) is 0 Å². The quantitative estimate of drug-likeness (QED) is 0.828. The molecule has 2 saturated heterocycles. The van der Waals surface area contributed by atoms with Crippen molar-refractivity contribution >= 4 is 5.91 Å². The summed E-state index contributed by atoms with van der Waals surface area (Å²) in [6.45, 7) is 8.96. The maximum Gasteiger partial charge on any atom is 0.241 e. The number of ether oxygens (including phenoxy) is 1. The van der Waals surface area contributed by atoms with Gasteiger partial charge in [-0.3, -0.25) is 10.1 Å². The Balaban J connectivity index is 2.00. The normalized spacial score (nSPS) is 33.4. The molecule has 4 nitrogen and oxygen atoms in total. The van der Waals surface area contributed by atoms with Crippen LogP contribution < -0.4 is 5.32 Å². The van der Waals surface area contributed by atoms with E-state index in [4.69, 9.17) is 4.74 Å². The van der Waals surface area contributed by atoms with Crippen molar-refractivity contribution in [2.24, 2.45) is 11.8 Å². The predicted octanol–water partition coefficient (Wildman–Crippen LogP) is 1.61. The summed E-state index contributed by atoms with van der Waals surface area (Å²) in [5.74, 6) is 1.25. The Morgan fingerprint density at radius 2 is 2.28 bits per heavy atom. The molecule has 0 aromatic heterocycles. The van der Waals surface area contributed by atoms with Gasteiger partial charge in [0.1, 0.15) is 0 Å². The van der Waals surface area contributed by atoms with Crippen molar-refractivity contribution in [2.75, 3.05) is 19.8 Å². The highest BCUT2D eigenvalue weighted by Gasteiger charge is 2.40.